The molecule has 1 saturated heterocycles. The van der Waals surface area contributed by atoms with E-state index in [4.69, 9.17) is 25.8 Å². The number of fused-ring (bicyclic) bond motifs is 1. The van der Waals surface area contributed by atoms with Gasteiger partial charge < -0.3 is 30.2 Å². The standard InChI is InChI=1S/C28H38ClN3O4/c1-30-9-12-36-27(20-6-3-7-22(29)14-20)25-15-21(16-26-24(25)8-11-35-26)28(33)32-17-23(31-2)13-19-5-4-10-34-18-19/h3,6-7,14-16,19,23,27,30-31H,4-5,8-13,17-18H2,1-2H3,(H,32,33). The van der Waals surface area contributed by atoms with E-state index in [0.717, 1.165) is 54.9 Å². The van der Waals surface area contributed by atoms with Crippen LogP contribution in [0.4, 0.5) is 0 Å². The first-order valence-electron chi connectivity index (χ1n) is 12.9. The normalized spacial score (nSPS) is 18.8. The zero-order valence-corrected chi connectivity index (χ0v) is 22.0. The van der Waals surface area contributed by atoms with Crippen molar-refractivity contribution < 1.29 is 19.0 Å². The molecule has 7 nitrogen and oxygen atoms in total. The number of rotatable bonds is 12. The first-order valence-corrected chi connectivity index (χ1v) is 13.3. The highest BCUT2D eigenvalue weighted by atomic mass is 35.5. The van der Waals surface area contributed by atoms with Crippen LogP contribution in [0.2, 0.25) is 5.02 Å². The Kier molecular flexibility index (Phi) is 10.0. The lowest BCUT2D eigenvalue weighted by Crippen LogP contribution is -2.41. The SMILES string of the molecule is CNCCOC(c1cccc(Cl)c1)c1cc(C(=O)NCC(CC2CCCOC2)NC)cc2c1CCO2. The number of hydrogen-bond acceptors (Lipinski definition) is 6. The van der Waals surface area contributed by atoms with Gasteiger partial charge in [-0.05, 0) is 74.7 Å². The zero-order chi connectivity index (χ0) is 25.3. The number of carbonyl (C=O) groups excluding carboxylic acids is 1. The van der Waals surface area contributed by atoms with Gasteiger partial charge in [-0.2, -0.15) is 0 Å². The van der Waals surface area contributed by atoms with E-state index < -0.39 is 0 Å². The molecule has 8 heteroatoms. The average molecular weight is 516 g/mol. The van der Waals surface area contributed by atoms with Crippen molar-refractivity contribution in [1.29, 1.82) is 0 Å². The van der Waals surface area contributed by atoms with Crippen LogP contribution in [0, 0.1) is 5.92 Å². The van der Waals surface area contributed by atoms with E-state index in [1.165, 1.54) is 6.42 Å². The molecule has 1 fully saturated rings. The fourth-order valence-corrected chi connectivity index (χ4v) is 5.22. The molecule has 3 atom stereocenters. The highest BCUT2D eigenvalue weighted by Crippen LogP contribution is 2.38. The predicted octanol–water partition coefficient (Wildman–Crippen LogP) is 3.73. The van der Waals surface area contributed by atoms with E-state index in [2.05, 4.69) is 16.0 Å². The number of amides is 1. The Bertz CT molecular complexity index is 1010. The number of nitrogens with one attached hydrogen (secondary N) is 3. The van der Waals surface area contributed by atoms with Crippen molar-refractivity contribution in [3.63, 3.8) is 0 Å². The molecule has 4 rings (SSSR count). The molecule has 0 saturated carbocycles. The Hall–Kier alpha value is -2.16. The van der Waals surface area contributed by atoms with Gasteiger partial charge in [0, 0.05) is 54.9 Å². The molecule has 3 N–H and O–H groups in total. The molecule has 2 aromatic rings. The van der Waals surface area contributed by atoms with Crippen LogP contribution in [0.3, 0.4) is 0 Å². The third-order valence-corrected chi connectivity index (χ3v) is 7.21. The fourth-order valence-electron chi connectivity index (χ4n) is 5.02. The van der Waals surface area contributed by atoms with Crippen LogP contribution >= 0.6 is 11.6 Å². The predicted molar refractivity (Wildman–Crippen MR) is 142 cm³/mol. The van der Waals surface area contributed by atoms with Crippen molar-refractivity contribution in [2.45, 2.75) is 37.8 Å². The molecule has 2 aliphatic heterocycles. The van der Waals surface area contributed by atoms with Gasteiger partial charge in [0.05, 0.1) is 13.2 Å². The third-order valence-electron chi connectivity index (χ3n) is 6.98. The third kappa shape index (κ3) is 6.99. The maximum Gasteiger partial charge on any atom is 0.251 e. The lowest BCUT2D eigenvalue weighted by atomic mass is 9.92. The van der Waals surface area contributed by atoms with Crippen molar-refractivity contribution in [3.8, 4) is 5.75 Å². The van der Waals surface area contributed by atoms with E-state index in [1.54, 1.807) is 0 Å². The number of halogens is 1. The quantitative estimate of drug-likeness (QED) is 0.374. The molecule has 0 aliphatic carbocycles. The van der Waals surface area contributed by atoms with Crippen molar-refractivity contribution in [3.05, 3.63) is 63.7 Å². The number of hydrogen-bond donors (Lipinski definition) is 3. The number of carbonyl (C=O) groups is 1. The summed E-state index contributed by atoms with van der Waals surface area (Å²) in [5.41, 5.74) is 3.57. The molecule has 0 radical (unpaired) electrons. The van der Waals surface area contributed by atoms with Crippen LogP contribution in [0.25, 0.3) is 0 Å². The van der Waals surface area contributed by atoms with Crippen molar-refractivity contribution in [1.82, 2.24) is 16.0 Å². The van der Waals surface area contributed by atoms with Gasteiger partial charge in [-0.15, -0.1) is 0 Å². The Morgan fingerprint density at radius 2 is 2.11 bits per heavy atom. The summed E-state index contributed by atoms with van der Waals surface area (Å²) in [5, 5.41) is 10.3. The van der Waals surface area contributed by atoms with Gasteiger partial charge in [-0.1, -0.05) is 23.7 Å². The lowest BCUT2D eigenvalue weighted by molar-refractivity contribution is 0.0478. The molecule has 2 aliphatic rings. The van der Waals surface area contributed by atoms with Crippen molar-refractivity contribution >= 4 is 17.5 Å². The molecule has 196 valence electrons. The second-order valence-corrected chi connectivity index (χ2v) is 10.0. The van der Waals surface area contributed by atoms with Gasteiger partial charge in [0.2, 0.25) is 0 Å². The molecule has 36 heavy (non-hydrogen) atoms. The molecule has 0 spiro atoms. The van der Waals surface area contributed by atoms with Gasteiger partial charge in [-0.25, -0.2) is 0 Å². The maximum atomic E-state index is 13.3. The van der Waals surface area contributed by atoms with E-state index in [1.807, 2.05) is 50.5 Å². The smallest absolute Gasteiger partial charge is 0.251 e. The minimum Gasteiger partial charge on any atom is -0.493 e. The summed E-state index contributed by atoms with van der Waals surface area (Å²) >= 11 is 6.32. The summed E-state index contributed by atoms with van der Waals surface area (Å²) in [6, 6.07) is 11.7. The molecular formula is C28H38ClN3O4. The topological polar surface area (TPSA) is 80.9 Å². The van der Waals surface area contributed by atoms with Crippen LogP contribution in [-0.2, 0) is 15.9 Å². The summed E-state index contributed by atoms with van der Waals surface area (Å²) < 4.78 is 17.9. The second kappa shape index (κ2) is 13.4. The maximum absolute atomic E-state index is 13.3. The van der Waals surface area contributed by atoms with Crippen LogP contribution in [-0.4, -0.2) is 65.6 Å². The van der Waals surface area contributed by atoms with E-state index in [-0.39, 0.29) is 18.1 Å². The number of benzene rings is 2. The molecule has 0 bridgehead atoms. The number of likely N-dealkylation sites (N-methyl/N-ethyl adjacent to an activating group) is 2. The highest BCUT2D eigenvalue weighted by Gasteiger charge is 2.27. The van der Waals surface area contributed by atoms with Gasteiger partial charge >= 0.3 is 0 Å². The Morgan fingerprint density at radius 1 is 1.22 bits per heavy atom. The number of ether oxygens (including phenoxy) is 3. The molecule has 2 aromatic carbocycles. The van der Waals surface area contributed by atoms with E-state index in [0.29, 0.717) is 42.8 Å². The minimum absolute atomic E-state index is 0.116. The summed E-state index contributed by atoms with van der Waals surface area (Å²) in [7, 11) is 3.84. The Balaban J connectivity index is 1.54. The second-order valence-electron chi connectivity index (χ2n) is 9.56. The molecule has 1 amide bonds. The molecule has 3 unspecified atom stereocenters. The van der Waals surface area contributed by atoms with Crippen LogP contribution < -0.4 is 20.7 Å². The fraction of sp³-hybridized carbons (Fsp3) is 0.536. The van der Waals surface area contributed by atoms with Gasteiger partial charge in [0.15, 0.2) is 0 Å². The lowest BCUT2D eigenvalue weighted by Gasteiger charge is -2.26. The van der Waals surface area contributed by atoms with E-state index >= 15 is 0 Å². The summed E-state index contributed by atoms with van der Waals surface area (Å²) in [6.45, 7) is 4.04. The minimum atomic E-state index is -0.350. The molecule has 2 heterocycles. The first-order chi connectivity index (χ1) is 17.6. The van der Waals surface area contributed by atoms with Gasteiger partial charge in [0.25, 0.3) is 5.91 Å². The Labute approximate surface area is 219 Å². The van der Waals surface area contributed by atoms with Gasteiger partial charge in [0.1, 0.15) is 11.9 Å². The van der Waals surface area contributed by atoms with Gasteiger partial charge in [-0.3, -0.25) is 4.79 Å². The highest BCUT2D eigenvalue weighted by molar-refractivity contribution is 6.30. The zero-order valence-electron chi connectivity index (χ0n) is 21.3. The summed E-state index contributed by atoms with van der Waals surface area (Å²) in [6.07, 6.45) is 3.69. The molecule has 0 aromatic heterocycles. The summed E-state index contributed by atoms with van der Waals surface area (Å²) in [5.74, 6) is 1.17. The van der Waals surface area contributed by atoms with E-state index in [9.17, 15) is 4.79 Å². The monoisotopic (exact) mass is 515 g/mol. The average Bonchev–Trinajstić information content (AvgIpc) is 3.38. The van der Waals surface area contributed by atoms with Crippen LogP contribution in [0.15, 0.2) is 36.4 Å². The first kappa shape index (κ1) is 26.9. The Morgan fingerprint density at radius 3 is 2.86 bits per heavy atom. The van der Waals surface area contributed by atoms with Crippen molar-refractivity contribution in [2.24, 2.45) is 5.92 Å². The van der Waals surface area contributed by atoms with Crippen molar-refractivity contribution in [2.75, 3.05) is 53.6 Å². The largest absolute Gasteiger partial charge is 0.493 e. The molecular weight excluding hydrogens is 478 g/mol. The summed E-state index contributed by atoms with van der Waals surface area (Å²) in [4.78, 5) is 13.3. The van der Waals surface area contributed by atoms with Crippen LogP contribution in [0.1, 0.15) is 52.4 Å². The van der Waals surface area contributed by atoms with Crippen LogP contribution in [0.5, 0.6) is 5.75 Å².